The van der Waals surface area contributed by atoms with Crippen molar-refractivity contribution in [1.82, 2.24) is 9.97 Å². The van der Waals surface area contributed by atoms with E-state index in [1.165, 1.54) is 6.07 Å². The summed E-state index contributed by atoms with van der Waals surface area (Å²) in [7, 11) is 1.65. The first-order chi connectivity index (χ1) is 10.2. The molecule has 3 N–H and O–H groups in total. The molecule has 1 aromatic heterocycles. The summed E-state index contributed by atoms with van der Waals surface area (Å²) >= 11 is 0. The van der Waals surface area contributed by atoms with E-state index >= 15 is 0 Å². The number of hydrogen-bond acceptors (Lipinski definition) is 5. The second-order valence-electron chi connectivity index (χ2n) is 5.00. The number of ether oxygens (including phenoxy) is 1. The number of halogens is 1. The first kappa shape index (κ1) is 15.4. The van der Waals surface area contributed by atoms with Gasteiger partial charge in [0.2, 0.25) is 5.95 Å². The highest BCUT2D eigenvalue weighted by Gasteiger charge is 2.15. The number of hydrogen-bond donors (Lipinski definition) is 2. The number of nitrogen functional groups attached to an aromatic ring is 1. The topological polar surface area (TPSA) is 73.1 Å². The Labute approximate surface area is 123 Å². The van der Waals surface area contributed by atoms with Crippen molar-refractivity contribution < 1.29 is 9.13 Å². The van der Waals surface area contributed by atoms with Gasteiger partial charge < -0.3 is 15.8 Å². The maximum atomic E-state index is 14.1. The predicted molar refractivity (Wildman–Crippen MR) is 82.7 cm³/mol. The lowest BCUT2D eigenvalue weighted by atomic mass is 10.1. The Hall–Kier alpha value is -1.95. The van der Waals surface area contributed by atoms with Crippen molar-refractivity contribution in [3.63, 3.8) is 0 Å². The average molecular weight is 292 g/mol. The van der Waals surface area contributed by atoms with Gasteiger partial charge in [-0.1, -0.05) is 25.8 Å². The highest BCUT2D eigenvalue weighted by Crippen LogP contribution is 2.25. The van der Waals surface area contributed by atoms with E-state index in [9.17, 15) is 4.39 Å². The van der Waals surface area contributed by atoms with Crippen LogP contribution >= 0.6 is 0 Å². The first-order valence-electron chi connectivity index (χ1n) is 7.13. The molecule has 0 radical (unpaired) electrons. The quantitative estimate of drug-likeness (QED) is 0.820. The van der Waals surface area contributed by atoms with Crippen molar-refractivity contribution in [2.45, 2.75) is 32.2 Å². The SMILES string of the molecule is CCCC[C@H](COC)Nc1nc(N)nc2cccc(F)c12. The fourth-order valence-electron chi connectivity index (χ4n) is 2.31. The Bertz CT molecular complexity index is 605. The van der Waals surface area contributed by atoms with Crippen LogP contribution in [0.5, 0.6) is 0 Å². The van der Waals surface area contributed by atoms with Gasteiger partial charge in [-0.3, -0.25) is 0 Å². The number of aromatic nitrogens is 2. The third kappa shape index (κ3) is 3.78. The van der Waals surface area contributed by atoms with E-state index in [1.807, 2.05) is 0 Å². The van der Waals surface area contributed by atoms with Crippen LogP contribution in [0.15, 0.2) is 18.2 Å². The molecule has 1 aromatic carbocycles. The van der Waals surface area contributed by atoms with Gasteiger partial charge in [0.15, 0.2) is 0 Å². The van der Waals surface area contributed by atoms with Crippen LogP contribution in [0.4, 0.5) is 16.2 Å². The highest BCUT2D eigenvalue weighted by atomic mass is 19.1. The van der Waals surface area contributed by atoms with Crippen molar-refractivity contribution in [2.75, 3.05) is 24.8 Å². The van der Waals surface area contributed by atoms with Gasteiger partial charge in [0, 0.05) is 7.11 Å². The van der Waals surface area contributed by atoms with Crippen LogP contribution < -0.4 is 11.1 Å². The van der Waals surface area contributed by atoms with E-state index in [2.05, 4.69) is 22.2 Å². The molecular formula is C15H21FN4O. The van der Waals surface area contributed by atoms with Crippen molar-refractivity contribution in [2.24, 2.45) is 0 Å². The van der Waals surface area contributed by atoms with E-state index in [0.717, 1.165) is 19.3 Å². The minimum absolute atomic E-state index is 0.0621. The van der Waals surface area contributed by atoms with E-state index in [-0.39, 0.29) is 17.8 Å². The fourth-order valence-corrected chi connectivity index (χ4v) is 2.31. The Morgan fingerprint density at radius 1 is 1.38 bits per heavy atom. The van der Waals surface area contributed by atoms with Crippen LogP contribution in [-0.4, -0.2) is 29.7 Å². The molecule has 0 saturated carbocycles. The van der Waals surface area contributed by atoms with Crippen LogP contribution in [0.3, 0.4) is 0 Å². The largest absolute Gasteiger partial charge is 0.383 e. The number of unbranched alkanes of at least 4 members (excludes halogenated alkanes) is 1. The summed E-state index contributed by atoms with van der Waals surface area (Å²) in [5.74, 6) is 0.192. The Morgan fingerprint density at radius 3 is 2.90 bits per heavy atom. The van der Waals surface area contributed by atoms with Gasteiger partial charge in [0.05, 0.1) is 23.6 Å². The standard InChI is InChI=1S/C15H21FN4O/c1-3-4-6-10(9-21-2)18-14-13-11(16)7-5-8-12(13)19-15(17)20-14/h5,7-8,10H,3-4,6,9H2,1-2H3,(H3,17,18,19,20)/t10-/m1/s1. The monoisotopic (exact) mass is 292 g/mol. The Kier molecular flexibility index (Phi) is 5.27. The zero-order valence-corrected chi connectivity index (χ0v) is 12.4. The number of nitrogens with one attached hydrogen (secondary N) is 1. The molecule has 0 spiro atoms. The molecule has 0 aliphatic rings. The van der Waals surface area contributed by atoms with E-state index in [1.54, 1.807) is 19.2 Å². The number of fused-ring (bicyclic) bond motifs is 1. The zero-order valence-electron chi connectivity index (χ0n) is 12.4. The molecule has 1 atom stereocenters. The van der Waals surface area contributed by atoms with E-state index < -0.39 is 0 Å². The van der Waals surface area contributed by atoms with Crippen molar-refractivity contribution in [3.8, 4) is 0 Å². The van der Waals surface area contributed by atoms with Crippen LogP contribution in [0.25, 0.3) is 10.9 Å². The van der Waals surface area contributed by atoms with Gasteiger partial charge in [-0.25, -0.2) is 9.37 Å². The van der Waals surface area contributed by atoms with Gasteiger partial charge in [-0.05, 0) is 18.6 Å². The molecule has 2 rings (SSSR count). The number of methoxy groups -OCH3 is 1. The number of anilines is 2. The summed E-state index contributed by atoms with van der Waals surface area (Å²) in [5.41, 5.74) is 6.21. The van der Waals surface area contributed by atoms with Crippen LogP contribution in [0.2, 0.25) is 0 Å². The lowest BCUT2D eigenvalue weighted by Gasteiger charge is -2.19. The number of benzene rings is 1. The van der Waals surface area contributed by atoms with Crippen molar-refractivity contribution >= 4 is 22.7 Å². The number of rotatable bonds is 7. The summed E-state index contributed by atoms with van der Waals surface area (Å²) in [6.07, 6.45) is 3.06. The van der Waals surface area contributed by atoms with Crippen molar-refractivity contribution in [1.29, 1.82) is 0 Å². The Balaban J connectivity index is 2.35. The lowest BCUT2D eigenvalue weighted by molar-refractivity contribution is 0.182. The smallest absolute Gasteiger partial charge is 0.222 e. The van der Waals surface area contributed by atoms with Gasteiger partial charge in [0.25, 0.3) is 0 Å². The molecule has 0 bridgehead atoms. The molecule has 0 aliphatic carbocycles. The molecule has 0 aliphatic heterocycles. The summed E-state index contributed by atoms with van der Waals surface area (Å²) < 4.78 is 19.3. The molecule has 5 nitrogen and oxygen atoms in total. The molecule has 114 valence electrons. The van der Waals surface area contributed by atoms with Gasteiger partial charge in [-0.2, -0.15) is 4.98 Å². The summed E-state index contributed by atoms with van der Waals surface area (Å²) in [4.78, 5) is 8.22. The third-order valence-corrected chi connectivity index (χ3v) is 3.30. The van der Waals surface area contributed by atoms with Gasteiger partial charge in [-0.15, -0.1) is 0 Å². The molecule has 0 unspecified atom stereocenters. The fraction of sp³-hybridized carbons (Fsp3) is 0.467. The van der Waals surface area contributed by atoms with Gasteiger partial charge in [0.1, 0.15) is 11.6 Å². The minimum atomic E-state index is -0.360. The summed E-state index contributed by atoms with van der Waals surface area (Å²) in [6, 6.07) is 4.79. The second kappa shape index (κ2) is 7.17. The molecule has 0 amide bonds. The third-order valence-electron chi connectivity index (χ3n) is 3.30. The minimum Gasteiger partial charge on any atom is -0.383 e. The molecule has 0 fully saturated rings. The number of nitrogens with two attached hydrogens (primary N) is 1. The molecule has 21 heavy (non-hydrogen) atoms. The molecule has 6 heteroatoms. The van der Waals surface area contributed by atoms with E-state index in [4.69, 9.17) is 10.5 Å². The molecule has 1 heterocycles. The second-order valence-corrected chi connectivity index (χ2v) is 5.00. The normalized spacial score (nSPS) is 12.5. The van der Waals surface area contributed by atoms with E-state index in [0.29, 0.717) is 23.3 Å². The number of nitrogens with zero attached hydrogens (tertiary/aromatic N) is 2. The summed E-state index contributed by atoms with van der Waals surface area (Å²) in [6.45, 7) is 2.65. The maximum Gasteiger partial charge on any atom is 0.222 e. The summed E-state index contributed by atoms with van der Waals surface area (Å²) in [5, 5.41) is 3.61. The molecular weight excluding hydrogens is 271 g/mol. The zero-order chi connectivity index (χ0) is 15.2. The van der Waals surface area contributed by atoms with Crippen LogP contribution in [0, 0.1) is 5.82 Å². The molecule has 2 aromatic rings. The maximum absolute atomic E-state index is 14.1. The lowest BCUT2D eigenvalue weighted by Crippen LogP contribution is -2.26. The van der Waals surface area contributed by atoms with Gasteiger partial charge >= 0.3 is 0 Å². The van der Waals surface area contributed by atoms with Crippen molar-refractivity contribution in [3.05, 3.63) is 24.0 Å². The predicted octanol–water partition coefficient (Wildman–Crippen LogP) is 2.97. The first-order valence-corrected chi connectivity index (χ1v) is 7.13. The van der Waals surface area contributed by atoms with Crippen LogP contribution in [-0.2, 0) is 4.74 Å². The van der Waals surface area contributed by atoms with Crippen LogP contribution in [0.1, 0.15) is 26.2 Å². The average Bonchev–Trinajstić information content (AvgIpc) is 2.44. The molecule has 0 saturated heterocycles. The Morgan fingerprint density at radius 2 is 2.19 bits per heavy atom. The highest BCUT2D eigenvalue weighted by molar-refractivity contribution is 5.90.